The topological polar surface area (TPSA) is 0 Å². The van der Waals surface area contributed by atoms with Gasteiger partial charge in [-0.3, -0.25) is 0 Å². The summed E-state index contributed by atoms with van der Waals surface area (Å²) in [6.07, 6.45) is 18.4. The highest BCUT2D eigenvalue weighted by Crippen LogP contribution is 2.27. The van der Waals surface area contributed by atoms with Crippen LogP contribution in [-0.4, -0.2) is 0 Å². The van der Waals surface area contributed by atoms with Crippen LogP contribution in [0.5, 0.6) is 0 Å². The predicted molar refractivity (Wildman–Crippen MR) is 277 cm³/mol. The zero-order valence-electron chi connectivity index (χ0n) is 25.8. The van der Waals surface area contributed by atoms with E-state index in [1.807, 2.05) is 0 Å². The smallest absolute Gasteiger partial charge is 0.0415 e. The predicted octanol–water partition coefficient (Wildman–Crippen LogP) is 23.7. The van der Waals surface area contributed by atoms with Crippen LogP contribution in [0.3, 0.4) is 0 Å². The molecule has 0 N–H and O–H groups in total. The van der Waals surface area contributed by atoms with E-state index < -0.39 is 0 Å². The molecule has 0 spiro atoms. The molecule has 6 atom stereocenters. The lowest BCUT2D eigenvalue weighted by atomic mass is 9.82. The normalized spacial score (nSPS) is 11.2. The molecule has 0 aliphatic carbocycles. The Balaban J connectivity index is -0.0000000156. The van der Waals surface area contributed by atoms with Gasteiger partial charge in [0.25, 0.3) is 0 Å². The zero-order chi connectivity index (χ0) is 25.8. The summed E-state index contributed by atoms with van der Waals surface area (Å²) in [5.74, 6) is 7.25. The number of rotatable bonds is 19. The lowest BCUT2D eigenvalue weighted by Gasteiger charge is -2.24. The highest BCUT2D eigenvalue weighted by atomic mass is 14.2. The Hall–Kier alpha value is 0. The van der Waals surface area contributed by atoms with Crippen molar-refractivity contribution in [3.63, 3.8) is 0 Å². The van der Waals surface area contributed by atoms with Gasteiger partial charge in [-0.25, -0.2) is 0 Å². The van der Waals surface area contributed by atoms with E-state index in [1.54, 1.807) is 0 Å². The van der Waals surface area contributed by atoms with Crippen LogP contribution < -0.4 is 0 Å². The highest BCUT2D eigenvalue weighted by molar-refractivity contribution is 4.67. The highest BCUT2D eigenvalue weighted by Gasteiger charge is 2.16. The molecule has 0 amide bonds. The summed E-state index contributed by atoms with van der Waals surface area (Å²) in [6.45, 7) is 28.5. The third-order valence-corrected chi connectivity index (χ3v) is 7.81. The average Bonchev–Trinajstić information content (AvgIpc) is 2.69. The van der Waals surface area contributed by atoms with Crippen molar-refractivity contribution in [2.24, 2.45) is 47.3 Å². The van der Waals surface area contributed by atoms with Gasteiger partial charge in [-0.15, -0.1) is 0 Å². The monoisotopic (exact) mass is 755 g/mol. The molecule has 0 aromatic rings. The van der Waals surface area contributed by atoms with Crippen molar-refractivity contribution in [1.82, 2.24) is 0 Å². The van der Waals surface area contributed by atoms with E-state index in [0.717, 1.165) is 47.3 Å². The van der Waals surface area contributed by atoms with E-state index >= 15 is 0 Å². The summed E-state index contributed by atoms with van der Waals surface area (Å²) in [5, 5.41) is 0. The van der Waals surface area contributed by atoms with Gasteiger partial charge in [0.1, 0.15) is 0 Å². The maximum atomic E-state index is 2.45. The fourth-order valence-corrected chi connectivity index (χ4v) is 5.77. The molecule has 0 radical (unpaired) electrons. The summed E-state index contributed by atoms with van der Waals surface area (Å²) in [4.78, 5) is 0. The molecule has 0 heterocycles. The van der Waals surface area contributed by atoms with Crippen molar-refractivity contribution >= 4 is 0 Å². The fourth-order valence-electron chi connectivity index (χ4n) is 5.77. The first kappa shape index (κ1) is 133. The number of hydrogen-bond donors (Lipinski definition) is 0. The van der Waals surface area contributed by atoms with Crippen LogP contribution in [0, 0.1) is 47.3 Å². The van der Waals surface area contributed by atoms with Crippen molar-refractivity contribution in [1.29, 1.82) is 0 Å². The number of unbranched alkanes of at least 4 members (excludes halogenated alkanes) is 1. The molecule has 0 rings (SSSR count). The molecule has 0 saturated heterocycles. The van der Waals surface area contributed by atoms with Crippen LogP contribution >= 0.6 is 0 Å². The van der Waals surface area contributed by atoms with Gasteiger partial charge in [0.2, 0.25) is 0 Å². The zero-order valence-corrected chi connectivity index (χ0v) is 25.8. The van der Waals surface area contributed by atoms with Crippen LogP contribution in [0.4, 0.5) is 0 Å². The summed E-state index contributed by atoms with van der Waals surface area (Å²) in [7, 11) is 0. The van der Waals surface area contributed by atoms with Gasteiger partial charge < -0.3 is 0 Å². The standard InChI is InChI=1S/C18H38.C15H32.18CH4/c1-8-9-15(4)13-16(5)10-11-17(6)18(7)12-14(2)3;1-6-9-14(4)10-7-8-11-15(5)12-13(2)3;;;;;;;;;;;;;;;;;;/h14-18H,8-13H2,1-7H3;13-15H,6-12H2,1-5H3;18*1H4. The second-order valence-corrected chi connectivity index (χ2v) is 13.3. The summed E-state index contributed by atoms with van der Waals surface area (Å²) in [6, 6.07) is 0. The van der Waals surface area contributed by atoms with Gasteiger partial charge in [0.15, 0.2) is 0 Å². The summed E-state index contributed by atoms with van der Waals surface area (Å²) in [5.41, 5.74) is 0. The molecule has 0 saturated carbocycles. The maximum absolute atomic E-state index is 2.45. The molecule has 0 heteroatoms. The molecule has 0 aliphatic heterocycles. The molecule has 0 aromatic heterocycles. The third kappa shape index (κ3) is 99.7. The van der Waals surface area contributed by atoms with Crippen LogP contribution in [-0.2, 0) is 0 Å². The van der Waals surface area contributed by atoms with Gasteiger partial charge in [-0.1, -0.05) is 281 Å². The molecule has 0 bridgehead atoms. The fraction of sp³-hybridized carbons (Fsp3) is 1.00. The minimum atomic E-state index is 0. The van der Waals surface area contributed by atoms with Gasteiger partial charge in [-0.2, -0.15) is 0 Å². The lowest BCUT2D eigenvalue weighted by Crippen LogP contribution is -2.12. The average molecular weight is 756 g/mol. The van der Waals surface area contributed by atoms with Gasteiger partial charge in [0.05, 0.1) is 0 Å². The van der Waals surface area contributed by atoms with E-state index in [4.69, 9.17) is 0 Å². The third-order valence-electron chi connectivity index (χ3n) is 7.81. The molecule has 0 nitrogen and oxygen atoms in total. The molecule has 346 valence electrons. The first-order chi connectivity index (χ1) is 15.4. The number of hydrogen-bond acceptors (Lipinski definition) is 0. The molecular weight excluding hydrogens is 613 g/mol. The van der Waals surface area contributed by atoms with E-state index in [9.17, 15) is 0 Å². The Bertz CT molecular complexity index is 381. The molecule has 0 aromatic carbocycles. The Morgan fingerprint density at radius 2 is 0.529 bits per heavy atom. The lowest BCUT2D eigenvalue weighted by molar-refractivity contribution is 0.276. The van der Waals surface area contributed by atoms with Crippen LogP contribution in [0.15, 0.2) is 0 Å². The second-order valence-electron chi connectivity index (χ2n) is 13.3. The first-order valence-corrected chi connectivity index (χ1v) is 15.4. The summed E-state index contributed by atoms with van der Waals surface area (Å²) >= 11 is 0. The van der Waals surface area contributed by atoms with E-state index in [2.05, 4.69) is 83.1 Å². The van der Waals surface area contributed by atoms with Crippen molar-refractivity contribution in [3.8, 4) is 0 Å². The minimum absolute atomic E-state index is 0. The molecule has 51 heavy (non-hydrogen) atoms. The van der Waals surface area contributed by atoms with Crippen molar-refractivity contribution < 1.29 is 0 Å². The van der Waals surface area contributed by atoms with E-state index in [-0.39, 0.29) is 134 Å². The van der Waals surface area contributed by atoms with Gasteiger partial charge >= 0.3 is 0 Å². The van der Waals surface area contributed by atoms with Crippen molar-refractivity contribution in [2.45, 2.75) is 300 Å². The molecule has 0 aliphatic rings. The molecular formula is C51H142. The largest absolute Gasteiger partial charge is 0.0776 e. The van der Waals surface area contributed by atoms with E-state index in [1.165, 1.54) is 83.5 Å². The van der Waals surface area contributed by atoms with Crippen molar-refractivity contribution in [2.75, 3.05) is 0 Å². The van der Waals surface area contributed by atoms with Gasteiger partial charge in [-0.05, 0) is 66.6 Å². The Labute approximate surface area is 346 Å². The Morgan fingerprint density at radius 1 is 0.255 bits per heavy atom. The van der Waals surface area contributed by atoms with Crippen LogP contribution in [0.25, 0.3) is 0 Å². The van der Waals surface area contributed by atoms with Crippen molar-refractivity contribution in [3.05, 3.63) is 0 Å². The second kappa shape index (κ2) is 87.7. The molecule has 6 unspecified atom stereocenters. The van der Waals surface area contributed by atoms with Crippen LogP contribution in [0.2, 0.25) is 0 Å². The quantitative estimate of drug-likeness (QED) is 0.115. The first-order valence-electron chi connectivity index (χ1n) is 15.4. The van der Waals surface area contributed by atoms with Crippen LogP contribution in [0.1, 0.15) is 300 Å². The van der Waals surface area contributed by atoms with Gasteiger partial charge in [0, 0.05) is 0 Å². The molecule has 0 fully saturated rings. The van der Waals surface area contributed by atoms with E-state index in [0.29, 0.717) is 0 Å². The summed E-state index contributed by atoms with van der Waals surface area (Å²) < 4.78 is 0. The Morgan fingerprint density at radius 3 is 0.843 bits per heavy atom. The SMILES string of the molecule is C.C.C.C.C.C.C.C.C.C.C.C.C.C.C.C.C.C.CCCC(C)CC(C)CCC(C)C(C)CC(C)C.CCCC(C)CCCCC(C)CC(C)C. The minimum Gasteiger partial charge on any atom is -0.0776 e. The maximum Gasteiger partial charge on any atom is -0.0415 e. The Kier molecular flexibility index (Phi) is 228.